The first-order valence-electron chi connectivity index (χ1n) is 20.5. The Morgan fingerprint density at radius 2 is 1.77 bits per heavy atom. The Morgan fingerprint density at radius 1 is 1.00 bits per heavy atom. The van der Waals surface area contributed by atoms with Gasteiger partial charge >= 0.3 is 0 Å². The number of amides is 2. The third kappa shape index (κ3) is 14.8. The van der Waals surface area contributed by atoms with Crippen LogP contribution in [-0.2, 0) is 25.7 Å². The number of thioether (sulfide) groups is 1. The molecule has 1 unspecified atom stereocenters. The van der Waals surface area contributed by atoms with Crippen molar-refractivity contribution in [2.24, 2.45) is 17.3 Å². The summed E-state index contributed by atoms with van der Waals surface area (Å²) in [5.74, 6) is -0.485. The van der Waals surface area contributed by atoms with Gasteiger partial charge in [0, 0.05) is 73.6 Å². The van der Waals surface area contributed by atoms with Crippen molar-refractivity contribution in [1.29, 1.82) is 0 Å². The summed E-state index contributed by atoms with van der Waals surface area (Å²) in [5.41, 5.74) is 2.16. The van der Waals surface area contributed by atoms with Crippen LogP contribution in [0, 0.1) is 28.9 Å². The van der Waals surface area contributed by atoms with E-state index in [1.54, 1.807) is 0 Å². The van der Waals surface area contributed by atoms with Gasteiger partial charge < -0.3 is 30.2 Å². The highest BCUT2D eigenvalue weighted by Gasteiger charge is 2.38. The van der Waals surface area contributed by atoms with Crippen LogP contribution < -0.4 is 16.0 Å². The van der Waals surface area contributed by atoms with E-state index >= 15 is 4.39 Å². The molecule has 0 bridgehead atoms. The number of carbonyl (C=O) groups is 4. The Balaban J connectivity index is 1.43. The van der Waals surface area contributed by atoms with E-state index in [0.717, 1.165) is 62.3 Å². The fourth-order valence-corrected chi connectivity index (χ4v) is 8.53. The highest BCUT2D eigenvalue weighted by atomic mass is 32.2. The Morgan fingerprint density at radius 3 is 2.46 bits per heavy atom. The lowest BCUT2D eigenvalue weighted by Gasteiger charge is -2.42. The predicted molar refractivity (Wildman–Crippen MR) is 226 cm³/mol. The third-order valence-corrected chi connectivity index (χ3v) is 11.5. The molecule has 0 saturated carbocycles. The van der Waals surface area contributed by atoms with Crippen LogP contribution in [0.2, 0.25) is 0 Å². The fraction of sp³-hybridized carbons (Fsp3) is 0.556. The maximum absolute atomic E-state index is 15.2. The molecule has 3 atom stereocenters. The molecule has 2 amide bonds. The summed E-state index contributed by atoms with van der Waals surface area (Å²) in [7, 11) is 1.89. The van der Waals surface area contributed by atoms with Gasteiger partial charge in [0.2, 0.25) is 11.8 Å². The summed E-state index contributed by atoms with van der Waals surface area (Å²) in [5, 5.41) is 9.44. The quantitative estimate of drug-likeness (QED) is 0.0801. The van der Waals surface area contributed by atoms with E-state index in [-0.39, 0.29) is 59.4 Å². The second-order valence-electron chi connectivity index (χ2n) is 16.5. The van der Waals surface area contributed by atoms with Crippen molar-refractivity contribution in [2.45, 2.75) is 91.6 Å². The van der Waals surface area contributed by atoms with E-state index in [1.807, 2.05) is 54.5 Å². The molecule has 1 saturated heterocycles. The number of carbonyl (C=O) groups excluding carboxylic acids is 4. The lowest BCUT2D eigenvalue weighted by Crippen LogP contribution is -2.45. The fourth-order valence-electron chi connectivity index (χ4n) is 7.72. The zero-order chi connectivity index (χ0) is 41.4. The van der Waals surface area contributed by atoms with Crippen molar-refractivity contribution in [3.63, 3.8) is 0 Å². The second-order valence-corrected chi connectivity index (χ2v) is 17.6. The van der Waals surface area contributed by atoms with Gasteiger partial charge in [0.25, 0.3) is 0 Å². The summed E-state index contributed by atoms with van der Waals surface area (Å²) in [4.78, 5) is 53.7. The van der Waals surface area contributed by atoms with Crippen LogP contribution >= 0.6 is 11.8 Å². The van der Waals surface area contributed by atoms with Gasteiger partial charge in [0.05, 0.1) is 11.8 Å². The van der Waals surface area contributed by atoms with Gasteiger partial charge in [-0.25, -0.2) is 8.78 Å². The van der Waals surface area contributed by atoms with Gasteiger partial charge in [-0.15, -0.1) is 0 Å². The molecule has 1 aliphatic rings. The van der Waals surface area contributed by atoms with Gasteiger partial charge in [0.15, 0.2) is 0 Å². The molecule has 4 rings (SSSR count). The Kier molecular flexibility index (Phi) is 18.4. The molecule has 1 fully saturated rings. The highest BCUT2D eigenvalue weighted by Crippen LogP contribution is 2.42. The number of nitrogens with zero attached hydrogens (tertiary/aromatic N) is 2. The molecule has 3 aromatic rings. The van der Waals surface area contributed by atoms with Gasteiger partial charge in [-0.1, -0.05) is 57.5 Å². The number of hydrogen-bond acceptors (Lipinski definition) is 7. The number of Topliss-reactive ketones (excluding diaryl/α,β-unsaturated/α-hetero) is 2. The number of benzene rings is 2. The summed E-state index contributed by atoms with van der Waals surface area (Å²) >= 11 is 1.42. The summed E-state index contributed by atoms with van der Waals surface area (Å²) in [6.45, 7) is 11.8. The van der Waals surface area contributed by atoms with E-state index in [9.17, 15) is 23.6 Å². The number of aromatic nitrogens is 1. The normalized spacial score (nSPS) is 15.3. The molecule has 0 spiro atoms. The second kappa shape index (κ2) is 22.9. The van der Waals surface area contributed by atoms with E-state index in [0.29, 0.717) is 50.2 Å². The van der Waals surface area contributed by atoms with Gasteiger partial charge in [-0.3, -0.25) is 14.4 Å². The number of unbranched alkanes of at least 4 members (excludes halogenated alkanes) is 1. The molecule has 1 aliphatic heterocycles. The smallest absolute Gasteiger partial charge is 0.233 e. The van der Waals surface area contributed by atoms with Crippen LogP contribution in [0.5, 0.6) is 0 Å². The van der Waals surface area contributed by atoms with Crippen molar-refractivity contribution >= 4 is 35.1 Å². The molecule has 12 heteroatoms. The van der Waals surface area contributed by atoms with Crippen LogP contribution in [0.1, 0.15) is 96.4 Å². The van der Waals surface area contributed by atoms with E-state index in [1.165, 1.54) is 24.8 Å². The van der Waals surface area contributed by atoms with Gasteiger partial charge in [0.1, 0.15) is 23.2 Å². The lowest BCUT2D eigenvalue weighted by atomic mass is 9.82. The minimum atomic E-state index is -0.525. The zero-order valence-electron chi connectivity index (χ0n) is 34.5. The largest absolute Gasteiger partial charge is 0.356 e. The standard InChI is InChI=1S/C45H63F2N5O4S/c1-32(53)24-35(14-9-10-20-48-5)41(54)15-11-21-50-42(55)19-23-57-31-43(56)52(29-34-18-22-49-27-34)44(45(2,3)4)40-25-36(38-26-37(46)16-17-39(38)47)30-51(40)28-33-12-7-6-8-13-33/h6-8,12-13,16-17,25-26,30,34-35,44,48-49H,9-11,14-15,18-24,27-29,31H2,1-5H3,(H,50,55)/t34?,35-,44+/m1/s1. The van der Waals surface area contributed by atoms with Crippen molar-refractivity contribution in [3.8, 4) is 11.1 Å². The first-order chi connectivity index (χ1) is 27.3. The molecule has 3 N–H and O–H groups in total. The minimum absolute atomic E-state index is 0.0169. The molecule has 2 aromatic carbocycles. The zero-order valence-corrected chi connectivity index (χ0v) is 35.3. The molecule has 1 aromatic heterocycles. The van der Waals surface area contributed by atoms with Crippen molar-refractivity contribution < 1.29 is 28.0 Å². The summed E-state index contributed by atoms with van der Waals surface area (Å²) in [6, 6.07) is 14.9. The molecule has 57 heavy (non-hydrogen) atoms. The Labute approximate surface area is 342 Å². The van der Waals surface area contributed by atoms with Crippen molar-refractivity contribution in [2.75, 3.05) is 51.3 Å². The van der Waals surface area contributed by atoms with E-state index in [2.05, 4.69) is 41.3 Å². The third-order valence-electron chi connectivity index (χ3n) is 10.6. The molecular weight excluding hydrogens is 745 g/mol. The first-order valence-corrected chi connectivity index (χ1v) is 21.6. The SMILES string of the molecule is CNCCCC[C@H](CC(C)=O)C(=O)CCCNC(=O)CCSCC(=O)N(CC1CCNC1)[C@@H](c1cc(-c2cc(F)ccc2F)cn1Cc1ccccc1)C(C)(C)C. The number of nitrogens with one attached hydrogen (secondary N) is 3. The highest BCUT2D eigenvalue weighted by molar-refractivity contribution is 7.99. The molecule has 2 heterocycles. The van der Waals surface area contributed by atoms with Crippen LogP contribution in [-0.4, -0.2) is 84.1 Å². The number of rotatable bonds is 24. The molecule has 0 aliphatic carbocycles. The van der Waals surface area contributed by atoms with Crippen LogP contribution in [0.4, 0.5) is 8.78 Å². The average molecular weight is 808 g/mol. The molecule has 0 radical (unpaired) electrons. The minimum Gasteiger partial charge on any atom is -0.356 e. The average Bonchev–Trinajstić information content (AvgIpc) is 3.83. The topological polar surface area (TPSA) is 113 Å². The first kappa shape index (κ1) is 45.8. The maximum atomic E-state index is 15.2. The predicted octanol–water partition coefficient (Wildman–Crippen LogP) is 7.58. The number of hydrogen-bond donors (Lipinski definition) is 3. The van der Waals surface area contributed by atoms with E-state index < -0.39 is 23.1 Å². The maximum Gasteiger partial charge on any atom is 0.233 e. The Bertz CT molecular complexity index is 1760. The van der Waals surface area contributed by atoms with Crippen molar-refractivity contribution in [1.82, 2.24) is 25.4 Å². The number of halogens is 2. The number of ketones is 2. The lowest BCUT2D eigenvalue weighted by molar-refractivity contribution is -0.134. The monoisotopic (exact) mass is 807 g/mol. The van der Waals surface area contributed by atoms with Crippen LogP contribution in [0.15, 0.2) is 60.8 Å². The van der Waals surface area contributed by atoms with Gasteiger partial charge in [-0.2, -0.15) is 11.8 Å². The van der Waals surface area contributed by atoms with Crippen molar-refractivity contribution in [3.05, 3.63) is 83.7 Å². The molecule has 9 nitrogen and oxygen atoms in total. The van der Waals surface area contributed by atoms with Gasteiger partial charge in [-0.05, 0) is 100 Å². The summed E-state index contributed by atoms with van der Waals surface area (Å²) < 4.78 is 31.7. The van der Waals surface area contributed by atoms with E-state index in [4.69, 9.17) is 0 Å². The summed E-state index contributed by atoms with van der Waals surface area (Å²) in [6.07, 6.45) is 6.68. The molecule has 312 valence electrons. The van der Waals surface area contributed by atoms with Crippen LogP contribution in [0.3, 0.4) is 0 Å². The molecular formula is C45H63F2N5O4S. The van der Waals surface area contributed by atoms with Crippen LogP contribution in [0.25, 0.3) is 11.1 Å². The Hall–Kier alpha value is -3.87.